The molecule has 0 spiro atoms. The van der Waals surface area contributed by atoms with Crippen LogP contribution in [-0.4, -0.2) is 22.2 Å². The van der Waals surface area contributed by atoms with Gasteiger partial charge in [0.1, 0.15) is 0 Å². The van der Waals surface area contributed by atoms with E-state index in [4.69, 9.17) is 4.74 Å². The van der Waals surface area contributed by atoms with Gasteiger partial charge in [0.25, 0.3) is 0 Å². The van der Waals surface area contributed by atoms with Crippen molar-refractivity contribution in [3.8, 4) is 0 Å². The fourth-order valence-electron chi connectivity index (χ4n) is 2.15. The van der Waals surface area contributed by atoms with Gasteiger partial charge in [0, 0.05) is 5.56 Å². The first-order valence-corrected chi connectivity index (χ1v) is 7.09. The molecule has 2 rings (SSSR count). The highest BCUT2D eigenvalue weighted by Gasteiger charge is 2.44. The minimum atomic E-state index is -1.95. The van der Waals surface area contributed by atoms with Gasteiger partial charge < -0.3 is 14.9 Å². The Balaban J connectivity index is 2.34. The number of benzene rings is 2. The van der Waals surface area contributed by atoms with Crippen molar-refractivity contribution in [2.45, 2.75) is 25.0 Å². The van der Waals surface area contributed by atoms with Crippen molar-refractivity contribution >= 4 is 11.9 Å². The quantitative estimate of drug-likeness (QED) is 0.828. The van der Waals surface area contributed by atoms with Crippen molar-refractivity contribution in [1.29, 1.82) is 0 Å². The average molecular weight is 314 g/mol. The summed E-state index contributed by atoms with van der Waals surface area (Å²) in [5.41, 5.74) is -3.21. The van der Waals surface area contributed by atoms with Crippen molar-refractivity contribution < 1.29 is 24.5 Å². The van der Waals surface area contributed by atoms with Gasteiger partial charge in [-0.05, 0) is 19.4 Å². The van der Waals surface area contributed by atoms with Crippen LogP contribution in [0.2, 0.25) is 0 Å². The summed E-state index contributed by atoms with van der Waals surface area (Å²) in [7, 11) is 0. The third-order valence-corrected chi connectivity index (χ3v) is 3.76. The van der Waals surface area contributed by atoms with Gasteiger partial charge >= 0.3 is 11.9 Å². The zero-order valence-corrected chi connectivity index (χ0v) is 12.9. The molecule has 5 heteroatoms. The highest BCUT2D eigenvalue weighted by Crippen LogP contribution is 2.30. The minimum absolute atomic E-state index is 0.310. The molecule has 0 amide bonds. The molecule has 0 saturated carbocycles. The Kier molecular flexibility index (Phi) is 4.52. The zero-order chi connectivity index (χ0) is 17.1. The number of carboxylic acids is 1. The number of carbonyl (C=O) groups is 2. The van der Waals surface area contributed by atoms with E-state index in [9.17, 15) is 19.8 Å². The Labute approximate surface area is 134 Å². The molecule has 0 aliphatic rings. The molecule has 0 aliphatic heterocycles. The molecule has 120 valence electrons. The van der Waals surface area contributed by atoms with E-state index in [1.165, 1.54) is 13.8 Å². The number of esters is 1. The summed E-state index contributed by atoms with van der Waals surface area (Å²) in [6, 6.07) is 16.4. The van der Waals surface area contributed by atoms with Crippen LogP contribution in [0.15, 0.2) is 60.7 Å². The van der Waals surface area contributed by atoms with E-state index < -0.39 is 23.1 Å². The zero-order valence-electron chi connectivity index (χ0n) is 12.9. The van der Waals surface area contributed by atoms with E-state index in [2.05, 4.69) is 0 Å². The number of carboxylic acid groups (broad SMARTS) is 1. The number of aliphatic carboxylic acids is 1. The number of hydrogen-bond donors (Lipinski definition) is 2. The summed E-state index contributed by atoms with van der Waals surface area (Å²) >= 11 is 0. The third-order valence-electron chi connectivity index (χ3n) is 3.76. The van der Waals surface area contributed by atoms with Crippen LogP contribution < -0.4 is 0 Å². The molecule has 0 aliphatic carbocycles. The van der Waals surface area contributed by atoms with Crippen molar-refractivity contribution in [3.63, 3.8) is 0 Å². The van der Waals surface area contributed by atoms with Gasteiger partial charge in [0.05, 0.1) is 0 Å². The van der Waals surface area contributed by atoms with Gasteiger partial charge in [-0.2, -0.15) is 0 Å². The maximum Gasteiger partial charge on any atom is 0.352 e. The summed E-state index contributed by atoms with van der Waals surface area (Å²) in [6.45, 7) is 2.56. The van der Waals surface area contributed by atoms with E-state index in [-0.39, 0.29) is 0 Å². The fourth-order valence-corrected chi connectivity index (χ4v) is 2.15. The second-order valence-corrected chi connectivity index (χ2v) is 5.53. The first kappa shape index (κ1) is 16.7. The van der Waals surface area contributed by atoms with E-state index >= 15 is 0 Å². The van der Waals surface area contributed by atoms with Gasteiger partial charge in [-0.15, -0.1) is 0 Å². The predicted octanol–water partition coefficient (Wildman–Crippen LogP) is 2.44. The maximum atomic E-state index is 12.4. The van der Waals surface area contributed by atoms with Gasteiger partial charge in [-0.3, -0.25) is 0 Å². The summed E-state index contributed by atoms with van der Waals surface area (Å²) < 4.78 is 5.22. The SMILES string of the molecule is C[C@@](O)(C(=O)O[C@](C)(C(=O)O)c1ccccc1)c1ccccc1. The lowest BCUT2D eigenvalue weighted by Crippen LogP contribution is -2.44. The number of rotatable bonds is 5. The molecular formula is C18H18O5. The summed E-state index contributed by atoms with van der Waals surface area (Å²) in [5.74, 6) is -2.35. The van der Waals surface area contributed by atoms with Crippen LogP contribution in [0.25, 0.3) is 0 Å². The van der Waals surface area contributed by atoms with Gasteiger partial charge in [-0.25, -0.2) is 9.59 Å². The van der Waals surface area contributed by atoms with Crippen LogP contribution >= 0.6 is 0 Å². The van der Waals surface area contributed by atoms with E-state index in [1.807, 2.05) is 0 Å². The van der Waals surface area contributed by atoms with Crippen LogP contribution in [0.4, 0.5) is 0 Å². The number of aliphatic hydroxyl groups is 1. The molecule has 0 saturated heterocycles. The minimum Gasteiger partial charge on any atom is -0.478 e. The van der Waals surface area contributed by atoms with Crippen LogP contribution in [-0.2, 0) is 25.5 Å². The van der Waals surface area contributed by atoms with Crippen molar-refractivity contribution in [2.24, 2.45) is 0 Å². The van der Waals surface area contributed by atoms with Crippen LogP contribution in [0.3, 0.4) is 0 Å². The lowest BCUT2D eigenvalue weighted by atomic mass is 9.93. The van der Waals surface area contributed by atoms with Crippen LogP contribution in [0.1, 0.15) is 25.0 Å². The molecule has 0 radical (unpaired) electrons. The smallest absolute Gasteiger partial charge is 0.352 e. The molecule has 5 nitrogen and oxygen atoms in total. The number of ether oxygens (including phenoxy) is 1. The second kappa shape index (κ2) is 6.22. The van der Waals surface area contributed by atoms with Gasteiger partial charge in [0.15, 0.2) is 5.60 Å². The first-order valence-electron chi connectivity index (χ1n) is 7.09. The number of carbonyl (C=O) groups excluding carboxylic acids is 1. The van der Waals surface area contributed by atoms with Crippen LogP contribution in [0.5, 0.6) is 0 Å². The lowest BCUT2D eigenvalue weighted by Gasteiger charge is -2.30. The monoisotopic (exact) mass is 314 g/mol. The Morgan fingerprint density at radius 3 is 1.74 bits per heavy atom. The Bertz CT molecular complexity index is 694. The maximum absolute atomic E-state index is 12.4. The average Bonchev–Trinajstić information content (AvgIpc) is 2.56. The molecule has 0 heterocycles. The largest absolute Gasteiger partial charge is 0.478 e. The molecule has 2 atom stereocenters. The Hall–Kier alpha value is -2.66. The fraction of sp³-hybridized carbons (Fsp3) is 0.222. The highest BCUT2D eigenvalue weighted by atomic mass is 16.6. The normalized spacial score (nSPS) is 16.0. The standard InChI is InChI=1S/C18H18O5/c1-17(22,13-9-5-3-6-10-13)16(21)23-18(2,15(19)20)14-11-7-4-8-12-14/h3-12,22H,1-2H3,(H,19,20)/t17-,18-/m0/s1. The Morgan fingerprint density at radius 1 is 0.870 bits per heavy atom. The molecule has 0 aromatic heterocycles. The van der Waals surface area contributed by atoms with Crippen LogP contribution in [0, 0.1) is 0 Å². The molecular weight excluding hydrogens is 296 g/mol. The third kappa shape index (κ3) is 3.24. The molecule has 2 aromatic carbocycles. The molecule has 2 N–H and O–H groups in total. The van der Waals surface area contributed by atoms with Gasteiger partial charge in [-0.1, -0.05) is 60.7 Å². The lowest BCUT2D eigenvalue weighted by molar-refractivity contribution is -0.191. The first-order chi connectivity index (χ1) is 10.8. The number of hydrogen-bond acceptors (Lipinski definition) is 4. The topological polar surface area (TPSA) is 83.8 Å². The predicted molar refractivity (Wildman–Crippen MR) is 83.5 cm³/mol. The summed E-state index contributed by atoms with van der Waals surface area (Å²) in [6.07, 6.45) is 0. The Morgan fingerprint density at radius 2 is 1.30 bits per heavy atom. The second-order valence-electron chi connectivity index (χ2n) is 5.53. The molecule has 2 aromatic rings. The van der Waals surface area contributed by atoms with Crippen molar-refractivity contribution in [2.75, 3.05) is 0 Å². The molecule has 0 bridgehead atoms. The summed E-state index contributed by atoms with van der Waals surface area (Å²) in [4.78, 5) is 24.1. The van der Waals surface area contributed by atoms with E-state index in [0.29, 0.717) is 11.1 Å². The van der Waals surface area contributed by atoms with E-state index in [1.54, 1.807) is 60.7 Å². The van der Waals surface area contributed by atoms with Crippen molar-refractivity contribution in [1.82, 2.24) is 0 Å². The molecule has 0 unspecified atom stereocenters. The molecule has 23 heavy (non-hydrogen) atoms. The van der Waals surface area contributed by atoms with Crippen molar-refractivity contribution in [3.05, 3.63) is 71.8 Å². The van der Waals surface area contributed by atoms with E-state index in [0.717, 1.165) is 0 Å². The molecule has 0 fully saturated rings. The summed E-state index contributed by atoms with van der Waals surface area (Å²) in [5, 5.41) is 20.0. The van der Waals surface area contributed by atoms with Gasteiger partial charge in [0.2, 0.25) is 5.60 Å². The highest BCUT2D eigenvalue weighted by molar-refractivity contribution is 5.86.